The van der Waals surface area contributed by atoms with E-state index in [1.54, 1.807) is 18.2 Å². The maximum absolute atomic E-state index is 13.7. The van der Waals surface area contributed by atoms with Crippen LogP contribution in [0, 0.1) is 19.7 Å². The Kier molecular flexibility index (Phi) is 9.65. The lowest BCUT2D eigenvalue weighted by Gasteiger charge is -2.23. The van der Waals surface area contributed by atoms with Crippen LogP contribution < -0.4 is 9.62 Å². The zero-order chi connectivity index (χ0) is 23.0. The summed E-state index contributed by atoms with van der Waals surface area (Å²) in [5, 5.41) is 3.21. The molecule has 0 saturated carbocycles. The molecule has 0 fully saturated rings. The Bertz CT molecular complexity index is 996. The van der Waals surface area contributed by atoms with Crippen molar-refractivity contribution in [1.82, 2.24) is 5.32 Å². The molecule has 0 atom stereocenters. The van der Waals surface area contributed by atoms with Crippen LogP contribution in [0.1, 0.15) is 29.5 Å². The van der Waals surface area contributed by atoms with Gasteiger partial charge in [-0.1, -0.05) is 23.7 Å². The molecule has 0 unspecified atom stereocenters. The molecule has 0 radical (unpaired) electrons. The topological polar surface area (TPSA) is 66.5 Å². The van der Waals surface area contributed by atoms with E-state index in [1.807, 2.05) is 26.0 Å². The van der Waals surface area contributed by atoms with Gasteiger partial charge in [-0.15, -0.1) is 0 Å². The average molecular weight is 487 g/mol. The normalized spacial score (nSPS) is 11.4. The molecule has 0 aromatic heterocycles. The lowest BCUT2D eigenvalue weighted by molar-refractivity contribution is -0.121. The first-order chi connectivity index (χ1) is 14.6. The number of aryl methyl sites for hydroxylation is 2. The van der Waals surface area contributed by atoms with Crippen LogP contribution in [0.4, 0.5) is 10.1 Å². The van der Waals surface area contributed by atoms with Crippen LogP contribution in [0.25, 0.3) is 0 Å². The molecule has 9 heteroatoms. The quantitative estimate of drug-likeness (QED) is 0.468. The fourth-order valence-electron chi connectivity index (χ4n) is 2.95. The summed E-state index contributed by atoms with van der Waals surface area (Å²) >= 11 is 7.48. The van der Waals surface area contributed by atoms with Crippen molar-refractivity contribution in [1.29, 1.82) is 0 Å². The van der Waals surface area contributed by atoms with E-state index in [-0.39, 0.29) is 24.7 Å². The molecule has 0 spiro atoms. The summed E-state index contributed by atoms with van der Waals surface area (Å²) in [5.41, 5.74) is 3.17. The highest BCUT2D eigenvalue weighted by Crippen LogP contribution is 2.24. The van der Waals surface area contributed by atoms with Crippen LogP contribution in [0.3, 0.4) is 0 Å². The van der Waals surface area contributed by atoms with Crippen molar-refractivity contribution in [2.45, 2.75) is 32.4 Å². The number of halogens is 2. The Morgan fingerprint density at radius 1 is 1.19 bits per heavy atom. The Labute approximate surface area is 193 Å². The molecule has 2 aromatic carbocycles. The summed E-state index contributed by atoms with van der Waals surface area (Å²) in [7, 11) is -3.45. The maximum Gasteiger partial charge on any atom is 0.232 e. The van der Waals surface area contributed by atoms with E-state index in [9.17, 15) is 17.6 Å². The molecule has 170 valence electrons. The van der Waals surface area contributed by atoms with Gasteiger partial charge in [0.25, 0.3) is 0 Å². The molecule has 0 aliphatic carbocycles. The van der Waals surface area contributed by atoms with Gasteiger partial charge in [0.2, 0.25) is 15.9 Å². The Balaban J connectivity index is 1.75. The molecule has 31 heavy (non-hydrogen) atoms. The highest BCUT2D eigenvalue weighted by Gasteiger charge is 2.18. The Morgan fingerprint density at radius 2 is 1.94 bits per heavy atom. The van der Waals surface area contributed by atoms with Crippen LogP contribution >= 0.6 is 23.4 Å². The van der Waals surface area contributed by atoms with Gasteiger partial charge in [0.15, 0.2) is 0 Å². The van der Waals surface area contributed by atoms with Gasteiger partial charge in [0.1, 0.15) is 5.82 Å². The molecular weight excluding hydrogens is 459 g/mol. The monoisotopic (exact) mass is 486 g/mol. The number of sulfonamides is 1. The average Bonchev–Trinajstić information content (AvgIpc) is 2.68. The second-order valence-corrected chi connectivity index (χ2v) is 10.7. The summed E-state index contributed by atoms with van der Waals surface area (Å²) in [6, 6.07) is 10.1. The van der Waals surface area contributed by atoms with E-state index in [0.29, 0.717) is 40.7 Å². The van der Waals surface area contributed by atoms with Crippen LogP contribution in [0.5, 0.6) is 0 Å². The number of nitrogens with zero attached hydrogens (tertiary/aromatic N) is 1. The first-order valence-electron chi connectivity index (χ1n) is 9.92. The molecule has 0 aliphatic heterocycles. The zero-order valence-electron chi connectivity index (χ0n) is 18.0. The number of nitrogens with one attached hydrogen (secondary N) is 1. The van der Waals surface area contributed by atoms with Gasteiger partial charge in [-0.3, -0.25) is 9.10 Å². The summed E-state index contributed by atoms with van der Waals surface area (Å²) < 4.78 is 39.5. The number of carbonyl (C=O) groups excluding carboxylic acids is 1. The molecule has 2 aromatic rings. The zero-order valence-corrected chi connectivity index (χ0v) is 20.3. The first kappa shape index (κ1) is 25.5. The summed E-state index contributed by atoms with van der Waals surface area (Å²) in [5.74, 6) is 0.580. The standard InChI is InChI=1S/C22H28ClFN2O3S2/c1-16-9-10-18(14-17(16)2)26(31(3,28)29)12-5-8-22(27)25-11-13-30-15-19-20(23)6-4-7-21(19)24/h4,6-7,9-10,14H,5,8,11-13,15H2,1-3H3,(H,25,27). The van der Waals surface area contributed by atoms with Crippen LogP contribution in [-0.2, 0) is 20.6 Å². The van der Waals surface area contributed by atoms with Gasteiger partial charge in [-0.25, -0.2) is 12.8 Å². The van der Waals surface area contributed by atoms with Crippen molar-refractivity contribution < 1.29 is 17.6 Å². The van der Waals surface area contributed by atoms with Crippen molar-refractivity contribution >= 4 is 45.0 Å². The molecule has 0 saturated heterocycles. The van der Waals surface area contributed by atoms with Crippen molar-refractivity contribution in [2.75, 3.05) is 29.4 Å². The molecule has 0 aliphatic rings. The number of benzene rings is 2. The Morgan fingerprint density at radius 3 is 2.58 bits per heavy atom. The number of rotatable bonds is 11. The van der Waals surface area contributed by atoms with Gasteiger partial charge in [0, 0.05) is 41.6 Å². The van der Waals surface area contributed by atoms with Crippen molar-refractivity contribution in [3.63, 3.8) is 0 Å². The van der Waals surface area contributed by atoms with Crippen molar-refractivity contribution in [2.24, 2.45) is 0 Å². The lowest BCUT2D eigenvalue weighted by Crippen LogP contribution is -2.32. The van der Waals surface area contributed by atoms with E-state index >= 15 is 0 Å². The summed E-state index contributed by atoms with van der Waals surface area (Å²) in [6.45, 7) is 4.58. The third kappa shape index (κ3) is 8.01. The molecule has 1 amide bonds. The number of amides is 1. The predicted molar refractivity (Wildman–Crippen MR) is 128 cm³/mol. The van der Waals surface area contributed by atoms with Crippen molar-refractivity contribution in [3.05, 3.63) is 63.9 Å². The minimum atomic E-state index is -3.45. The van der Waals surface area contributed by atoms with E-state index in [4.69, 9.17) is 11.6 Å². The van der Waals surface area contributed by atoms with Gasteiger partial charge in [-0.05, 0) is 55.7 Å². The highest BCUT2D eigenvalue weighted by atomic mass is 35.5. The minimum absolute atomic E-state index is 0.141. The SMILES string of the molecule is Cc1ccc(N(CCCC(=O)NCCSCc2c(F)cccc2Cl)S(C)(=O)=O)cc1C. The van der Waals surface area contributed by atoms with Gasteiger partial charge < -0.3 is 5.32 Å². The molecule has 0 heterocycles. The van der Waals surface area contributed by atoms with E-state index < -0.39 is 10.0 Å². The third-order valence-corrected chi connectivity index (χ3v) is 7.35. The summed E-state index contributed by atoms with van der Waals surface area (Å²) in [6.07, 6.45) is 1.80. The number of carbonyl (C=O) groups is 1. The smallest absolute Gasteiger partial charge is 0.232 e. The predicted octanol–water partition coefficient (Wildman–Crippen LogP) is 4.69. The Hall–Kier alpha value is -1.77. The first-order valence-corrected chi connectivity index (χ1v) is 13.3. The van der Waals surface area contributed by atoms with E-state index in [2.05, 4.69) is 5.32 Å². The largest absolute Gasteiger partial charge is 0.355 e. The van der Waals surface area contributed by atoms with E-state index in [0.717, 1.165) is 11.1 Å². The number of thioether (sulfide) groups is 1. The second kappa shape index (κ2) is 11.7. The van der Waals surface area contributed by atoms with Gasteiger partial charge in [0.05, 0.1) is 11.9 Å². The van der Waals surface area contributed by atoms with Gasteiger partial charge in [-0.2, -0.15) is 11.8 Å². The number of hydrogen-bond donors (Lipinski definition) is 1. The molecule has 1 N–H and O–H groups in total. The van der Waals surface area contributed by atoms with Crippen molar-refractivity contribution in [3.8, 4) is 0 Å². The maximum atomic E-state index is 13.7. The number of anilines is 1. The minimum Gasteiger partial charge on any atom is -0.355 e. The van der Waals surface area contributed by atoms with Crippen LogP contribution in [0.15, 0.2) is 36.4 Å². The second-order valence-electron chi connectivity index (χ2n) is 7.31. The van der Waals surface area contributed by atoms with Gasteiger partial charge >= 0.3 is 0 Å². The fourth-order valence-corrected chi connectivity index (χ4v) is 5.10. The molecule has 2 rings (SSSR count). The van der Waals surface area contributed by atoms with Crippen LogP contribution in [-0.4, -0.2) is 39.4 Å². The third-order valence-electron chi connectivity index (χ3n) is 4.82. The van der Waals surface area contributed by atoms with E-state index in [1.165, 1.54) is 28.4 Å². The number of hydrogen-bond acceptors (Lipinski definition) is 4. The molecule has 5 nitrogen and oxygen atoms in total. The highest BCUT2D eigenvalue weighted by molar-refractivity contribution is 7.98. The molecule has 0 bridgehead atoms. The van der Waals surface area contributed by atoms with Crippen LogP contribution in [0.2, 0.25) is 5.02 Å². The summed E-state index contributed by atoms with van der Waals surface area (Å²) in [4.78, 5) is 12.1. The molecular formula is C22H28ClFN2O3S2. The lowest BCUT2D eigenvalue weighted by atomic mass is 10.1. The fraction of sp³-hybridized carbons (Fsp3) is 0.409.